The molecule has 0 aliphatic heterocycles. The van der Waals surface area contributed by atoms with Gasteiger partial charge in [0.05, 0.1) is 5.92 Å². The Morgan fingerprint density at radius 3 is 1.73 bits per heavy atom. The Hall–Kier alpha value is -3.61. The van der Waals surface area contributed by atoms with Crippen molar-refractivity contribution in [1.82, 2.24) is 5.32 Å². The van der Waals surface area contributed by atoms with E-state index in [1.165, 1.54) is 24.3 Å². The summed E-state index contributed by atoms with van der Waals surface area (Å²) in [4.78, 5) is 24.8. The lowest BCUT2D eigenvalue weighted by molar-refractivity contribution is -0.123. The number of halogens is 3. The fourth-order valence-electron chi connectivity index (χ4n) is 2.99. The molecule has 3 aromatic rings. The van der Waals surface area contributed by atoms with Gasteiger partial charge in [-0.15, -0.1) is 0 Å². The molecule has 0 heterocycles. The average Bonchev–Trinajstić information content (AvgIpc) is 2.74. The van der Waals surface area contributed by atoms with Gasteiger partial charge in [0.15, 0.2) is 0 Å². The summed E-state index contributed by atoms with van der Waals surface area (Å²) in [5.41, 5.74) is 2.15. The van der Waals surface area contributed by atoms with Crippen LogP contribution in [0.5, 0.6) is 0 Å². The van der Waals surface area contributed by atoms with Crippen LogP contribution in [0.25, 0.3) is 0 Å². The number of benzene rings is 3. The van der Waals surface area contributed by atoms with Crippen LogP contribution in [0.2, 0.25) is 0 Å². The maximum absolute atomic E-state index is 13.0. The Bertz CT molecular complexity index is 949. The van der Waals surface area contributed by atoms with Crippen LogP contribution < -0.4 is 10.6 Å². The first kappa shape index (κ1) is 21.1. The van der Waals surface area contributed by atoms with Crippen molar-refractivity contribution in [3.05, 3.63) is 102 Å². The number of nitrogens with one attached hydrogen (secondary N) is 2. The minimum atomic E-state index is -4.48. The highest BCUT2D eigenvalue weighted by Crippen LogP contribution is 2.26. The van der Waals surface area contributed by atoms with E-state index in [4.69, 9.17) is 0 Å². The van der Waals surface area contributed by atoms with Gasteiger partial charge in [0.25, 0.3) is 5.91 Å². The lowest BCUT2D eigenvalue weighted by Crippen LogP contribution is -2.33. The van der Waals surface area contributed by atoms with Gasteiger partial charge in [-0.3, -0.25) is 9.59 Å². The second-order valence-corrected chi connectivity index (χ2v) is 6.62. The number of carbonyl (C=O) groups is 2. The van der Waals surface area contributed by atoms with E-state index in [9.17, 15) is 22.8 Å². The van der Waals surface area contributed by atoms with Gasteiger partial charge in [-0.2, -0.15) is 13.2 Å². The van der Waals surface area contributed by atoms with E-state index in [0.29, 0.717) is 5.69 Å². The van der Waals surface area contributed by atoms with E-state index in [1.54, 1.807) is 0 Å². The van der Waals surface area contributed by atoms with E-state index in [-0.39, 0.29) is 11.5 Å². The third-order valence-corrected chi connectivity index (χ3v) is 4.39. The van der Waals surface area contributed by atoms with Gasteiger partial charge < -0.3 is 10.6 Å². The predicted octanol–water partition coefficient (Wildman–Crippen LogP) is 4.75. The lowest BCUT2D eigenvalue weighted by atomic mass is 9.90. The highest BCUT2D eigenvalue weighted by atomic mass is 19.4. The molecule has 0 atom stereocenters. The number of anilines is 1. The molecule has 0 fully saturated rings. The van der Waals surface area contributed by atoms with Crippen LogP contribution in [0, 0.1) is 0 Å². The van der Waals surface area contributed by atoms with Crippen LogP contribution in [-0.2, 0) is 4.79 Å². The van der Waals surface area contributed by atoms with Crippen LogP contribution in [0.15, 0.2) is 84.9 Å². The van der Waals surface area contributed by atoms with E-state index in [2.05, 4.69) is 5.32 Å². The van der Waals surface area contributed by atoms with Crippen LogP contribution in [0.3, 0.4) is 0 Å². The number of carbonyl (C=O) groups excluding carboxylic acids is 2. The molecule has 0 saturated carbocycles. The molecule has 3 rings (SSSR count). The quantitative estimate of drug-likeness (QED) is 0.614. The summed E-state index contributed by atoms with van der Waals surface area (Å²) in [7, 11) is 0. The fourth-order valence-corrected chi connectivity index (χ4v) is 2.99. The van der Waals surface area contributed by atoms with E-state index < -0.39 is 24.5 Å². The van der Waals surface area contributed by atoms with Crippen LogP contribution in [0.1, 0.15) is 27.4 Å². The fraction of sp³-hybridized carbons (Fsp3) is 0.130. The molecule has 7 heteroatoms. The molecular weight excluding hydrogens is 393 g/mol. The number of alkyl halides is 3. The first-order chi connectivity index (χ1) is 14.3. The van der Waals surface area contributed by atoms with Crippen molar-refractivity contribution in [3.8, 4) is 0 Å². The van der Waals surface area contributed by atoms with Gasteiger partial charge in [0.2, 0.25) is 5.91 Å². The van der Waals surface area contributed by atoms with Gasteiger partial charge in [0, 0.05) is 11.3 Å². The monoisotopic (exact) mass is 412 g/mol. The Balaban J connectivity index is 1.74. The molecular formula is C23H19F3N2O2. The molecule has 4 nitrogen and oxygen atoms in total. The highest BCUT2D eigenvalue weighted by Gasteiger charge is 2.28. The molecule has 2 amide bonds. The van der Waals surface area contributed by atoms with Crippen molar-refractivity contribution in [2.45, 2.75) is 12.1 Å². The number of amides is 2. The van der Waals surface area contributed by atoms with Gasteiger partial charge >= 0.3 is 6.18 Å². The first-order valence-electron chi connectivity index (χ1n) is 9.19. The molecule has 154 valence electrons. The van der Waals surface area contributed by atoms with Gasteiger partial charge in [-0.1, -0.05) is 60.7 Å². The molecule has 0 aliphatic carbocycles. The number of hydrogen-bond donors (Lipinski definition) is 2. The second-order valence-electron chi connectivity index (χ2n) is 6.62. The summed E-state index contributed by atoms with van der Waals surface area (Å²) >= 11 is 0. The maximum Gasteiger partial charge on any atom is 0.405 e. The normalized spacial score (nSPS) is 11.2. The highest BCUT2D eigenvalue weighted by molar-refractivity contribution is 5.99. The van der Waals surface area contributed by atoms with Gasteiger partial charge in [0.1, 0.15) is 6.54 Å². The van der Waals surface area contributed by atoms with Gasteiger partial charge in [-0.05, 0) is 35.4 Å². The van der Waals surface area contributed by atoms with Crippen molar-refractivity contribution in [2.75, 3.05) is 11.9 Å². The van der Waals surface area contributed by atoms with Crippen LogP contribution >= 0.6 is 0 Å². The minimum Gasteiger partial charge on any atom is -0.343 e. The zero-order chi connectivity index (χ0) is 21.6. The molecule has 0 saturated heterocycles. The van der Waals surface area contributed by atoms with Crippen LogP contribution in [0.4, 0.5) is 18.9 Å². The molecule has 0 radical (unpaired) electrons. The Labute approximate surface area is 171 Å². The summed E-state index contributed by atoms with van der Waals surface area (Å²) in [5.74, 6) is -1.64. The summed E-state index contributed by atoms with van der Waals surface area (Å²) in [6, 6.07) is 24.3. The second kappa shape index (κ2) is 9.26. The molecule has 0 unspecified atom stereocenters. The first-order valence-corrected chi connectivity index (χ1v) is 9.19. The zero-order valence-electron chi connectivity index (χ0n) is 15.8. The SMILES string of the molecule is O=C(NCC(F)(F)F)c1ccc(NC(=O)C(c2ccccc2)c2ccccc2)cc1. The Kier molecular flexibility index (Phi) is 6.51. The molecule has 0 aliphatic rings. The molecule has 0 aromatic heterocycles. The molecule has 2 N–H and O–H groups in total. The summed E-state index contributed by atoms with van der Waals surface area (Å²) < 4.78 is 36.7. The van der Waals surface area contributed by atoms with E-state index >= 15 is 0 Å². The predicted molar refractivity (Wildman–Crippen MR) is 108 cm³/mol. The van der Waals surface area contributed by atoms with Crippen molar-refractivity contribution < 1.29 is 22.8 Å². The Morgan fingerprint density at radius 2 is 1.27 bits per heavy atom. The Morgan fingerprint density at radius 1 is 0.767 bits per heavy atom. The minimum absolute atomic E-state index is 0.0694. The summed E-state index contributed by atoms with van der Waals surface area (Å²) in [6.45, 7) is -1.40. The van der Waals surface area contributed by atoms with E-state index in [0.717, 1.165) is 11.1 Å². The third-order valence-electron chi connectivity index (χ3n) is 4.39. The van der Waals surface area contributed by atoms with Crippen molar-refractivity contribution in [3.63, 3.8) is 0 Å². The lowest BCUT2D eigenvalue weighted by Gasteiger charge is -2.18. The topological polar surface area (TPSA) is 58.2 Å². The van der Waals surface area contributed by atoms with Crippen molar-refractivity contribution in [2.24, 2.45) is 0 Å². The molecule has 0 bridgehead atoms. The van der Waals surface area contributed by atoms with Crippen LogP contribution in [-0.4, -0.2) is 24.5 Å². The maximum atomic E-state index is 13.0. The van der Waals surface area contributed by atoms with Crippen molar-refractivity contribution >= 4 is 17.5 Å². The molecule has 3 aromatic carbocycles. The summed E-state index contributed by atoms with van der Waals surface area (Å²) in [5, 5.41) is 4.62. The largest absolute Gasteiger partial charge is 0.405 e. The summed E-state index contributed by atoms with van der Waals surface area (Å²) in [6.07, 6.45) is -4.48. The van der Waals surface area contributed by atoms with Crippen molar-refractivity contribution in [1.29, 1.82) is 0 Å². The van der Waals surface area contributed by atoms with E-state index in [1.807, 2.05) is 66.0 Å². The smallest absolute Gasteiger partial charge is 0.343 e. The molecule has 0 spiro atoms. The third kappa shape index (κ3) is 5.70. The average molecular weight is 412 g/mol. The number of hydrogen-bond acceptors (Lipinski definition) is 2. The number of rotatable bonds is 6. The molecule has 30 heavy (non-hydrogen) atoms. The standard InChI is InChI=1S/C23H19F3N2O2/c24-23(25,26)15-27-21(29)18-11-13-19(14-12-18)28-22(30)20(16-7-3-1-4-8-16)17-9-5-2-6-10-17/h1-14,20H,15H2,(H,27,29)(H,28,30). The van der Waals surface area contributed by atoms with Gasteiger partial charge in [-0.25, -0.2) is 0 Å². The zero-order valence-corrected chi connectivity index (χ0v) is 15.8.